The molecule has 0 saturated heterocycles. The molecule has 0 rings (SSSR count). The number of unbranched alkanes of at least 4 members (excludes halogenated alkanes) is 40. The second kappa shape index (κ2) is 80.7. The first-order chi connectivity index (χ1) is 40.7. The fourth-order valence-electron chi connectivity index (χ4n) is 10.6. The maximum Gasteiger partial charge on any atom is 0.0540 e. The number of carbonyl (C=O) groups is 4. The Hall–Kier alpha value is -1.36. The second-order valence-corrected chi connectivity index (χ2v) is 25.0. The molecule has 0 heterocycles. The molecule has 0 saturated carbocycles. The van der Waals surface area contributed by atoms with Crippen molar-refractivity contribution < 1.29 is 60.0 Å². The summed E-state index contributed by atoms with van der Waals surface area (Å²) in [7, 11) is 0. The van der Waals surface area contributed by atoms with E-state index in [4.69, 9.17) is 0 Å². The van der Waals surface area contributed by atoms with Crippen LogP contribution >= 0.6 is 0 Å². The number of rotatable bonds is 64. The van der Waals surface area contributed by atoms with E-state index in [0.29, 0.717) is 0 Å². The molecule has 508 valence electrons. The third-order valence-corrected chi connectivity index (χ3v) is 16.2. The number of carboxylic acids is 4. The molecule has 0 amide bonds. The van der Waals surface area contributed by atoms with Crippen LogP contribution in [0.25, 0.3) is 0 Å². The minimum absolute atomic E-state index is 0. The minimum atomic E-state index is -0.921. The summed E-state index contributed by atoms with van der Waals surface area (Å²) >= 11 is 0. The van der Waals surface area contributed by atoms with Crippen molar-refractivity contribution in [2.24, 2.45) is 0 Å². The normalized spacial score (nSPS) is 12.3. The summed E-state index contributed by atoms with van der Waals surface area (Å²) in [5.74, 6) is -3.69. The summed E-state index contributed by atoms with van der Waals surface area (Å²) in [4.78, 5) is 40.9. The van der Waals surface area contributed by atoms with Crippen molar-refractivity contribution in [1.82, 2.24) is 0 Å². The van der Waals surface area contributed by atoms with Gasteiger partial charge in [0.2, 0.25) is 0 Å². The van der Waals surface area contributed by atoms with Crippen LogP contribution in [0, 0.1) is 0 Å². The Morgan fingerprint density at radius 3 is 0.435 bits per heavy atom. The van der Waals surface area contributed by atoms with Crippen LogP contribution in [-0.4, -0.2) is 96.0 Å². The molecule has 0 fully saturated rings. The van der Waals surface area contributed by atoms with E-state index in [2.05, 4.69) is 27.7 Å². The smallest absolute Gasteiger partial charge is 0.0540 e. The van der Waals surface area contributed by atoms with Crippen molar-refractivity contribution in [3.8, 4) is 0 Å². The Kier molecular flexibility index (Phi) is 87.6. The van der Waals surface area contributed by atoms with E-state index in [1.807, 2.05) is 0 Å². The molecule has 12 nitrogen and oxygen atoms in total. The predicted octanol–water partition coefficient (Wildman–Crippen LogP) is 15.5. The molecule has 85 heavy (non-hydrogen) atoms. The maximum atomic E-state index is 10.2. The quantitative estimate of drug-likeness (QED) is 0.0328. The van der Waals surface area contributed by atoms with Gasteiger partial charge in [-0.3, -0.25) is 0 Å². The fraction of sp³-hybridized carbons (Fsp3) is 0.944. The Labute approximate surface area is 545 Å². The Morgan fingerprint density at radius 2 is 0.318 bits per heavy atom. The average Bonchev–Trinajstić information content (AvgIpc) is 3.46. The number of hydrogen-bond donors (Lipinski definition) is 4. The van der Waals surface area contributed by atoms with E-state index in [1.165, 1.54) is 180 Å². The SMILES string of the molecule is CCCCC(O)CCCCCCCCCCCCC(=O)[O-].CCCCC(O)CCCCCCCCCCCCC(=O)[O-].CCCCC(O)CCCCCCCCCCCCC(=O)[O-].CCCCC(O)CCCCCCCCCCCCC(=O)[O-].[Pb]. The number of carbonyl (C=O) groups excluding carboxylic acids is 4. The zero-order valence-electron chi connectivity index (χ0n) is 56.3. The third kappa shape index (κ3) is 96.5. The summed E-state index contributed by atoms with van der Waals surface area (Å²) in [6, 6.07) is 0. The summed E-state index contributed by atoms with van der Waals surface area (Å²) in [5, 5.41) is 79.8. The van der Waals surface area contributed by atoms with Gasteiger partial charge in [0.25, 0.3) is 0 Å². The van der Waals surface area contributed by atoms with Crippen molar-refractivity contribution in [3.05, 3.63) is 0 Å². The van der Waals surface area contributed by atoms with Crippen molar-refractivity contribution in [2.45, 2.75) is 437 Å². The molecule has 4 N–H and O–H groups in total. The first-order valence-corrected chi connectivity index (χ1v) is 36.2. The summed E-state index contributed by atoms with van der Waals surface area (Å²) < 4.78 is 0. The van der Waals surface area contributed by atoms with E-state index in [9.17, 15) is 60.0 Å². The molecule has 4 unspecified atom stereocenters. The average molecular weight is 1410 g/mol. The minimum Gasteiger partial charge on any atom is -0.550 e. The topological polar surface area (TPSA) is 241 Å². The van der Waals surface area contributed by atoms with Gasteiger partial charge in [-0.05, 0) is 103 Å². The van der Waals surface area contributed by atoms with Crippen LogP contribution in [0.4, 0.5) is 0 Å². The van der Waals surface area contributed by atoms with Crippen LogP contribution in [0.2, 0.25) is 0 Å². The molecule has 0 aliphatic carbocycles. The third-order valence-electron chi connectivity index (χ3n) is 16.2. The predicted molar refractivity (Wildman–Crippen MR) is 350 cm³/mol. The van der Waals surface area contributed by atoms with Crippen LogP contribution in [0.3, 0.4) is 0 Å². The zero-order valence-corrected chi connectivity index (χ0v) is 60.2. The van der Waals surface area contributed by atoms with Crippen molar-refractivity contribution in [2.75, 3.05) is 0 Å². The molecule has 0 aromatic rings. The van der Waals surface area contributed by atoms with Crippen molar-refractivity contribution in [1.29, 1.82) is 0 Å². The van der Waals surface area contributed by atoms with E-state index >= 15 is 0 Å². The zero-order chi connectivity index (χ0) is 63.0. The van der Waals surface area contributed by atoms with Crippen LogP contribution < -0.4 is 20.4 Å². The van der Waals surface area contributed by atoms with Gasteiger partial charge in [0.1, 0.15) is 0 Å². The van der Waals surface area contributed by atoms with Gasteiger partial charge in [0.15, 0.2) is 0 Å². The molecule has 4 radical (unpaired) electrons. The summed E-state index contributed by atoms with van der Waals surface area (Å²) in [6.07, 6.45) is 64.4. The molecule has 0 aliphatic heterocycles. The van der Waals surface area contributed by atoms with Crippen molar-refractivity contribution in [3.63, 3.8) is 0 Å². The number of carboxylic acid groups (broad SMARTS) is 4. The van der Waals surface area contributed by atoms with Crippen LogP contribution in [0.1, 0.15) is 413 Å². The Morgan fingerprint density at radius 1 is 0.212 bits per heavy atom. The molecule has 0 aliphatic rings. The molecule has 0 bridgehead atoms. The summed E-state index contributed by atoms with van der Waals surface area (Å²) in [6.45, 7) is 8.65. The van der Waals surface area contributed by atoms with Gasteiger partial charge in [0.05, 0.1) is 24.4 Å². The van der Waals surface area contributed by atoms with E-state index in [-0.39, 0.29) is 77.4 Å². The van der Waals surface area contributed by atoms with E-state index in [0.717, 1.165) is 180 Å². The van der Waals surface area contributed by atoms with Gasteiger partial charge in [-0.1, -0.05) is 310 Å². The van der Waals surface area contributed by atoms with Gasteiger partial charge in [-0.15, -0.1) is 0 Å². The van der Waals surface area contributed by atoms with Crippen molar-refractivity contribution >= 4 is 51.2 Å². The first kappa shape index (κ1) is 92.4. The van der Waals surface area contributed by atoms with E-state index < -0.39 is 23.9 Å². The molecular formula is C72H140O12Pb-4. The number of aliphatic carboxylic acids is 4. The molecular weight excluding hydrogens is 1260 g/mol. The van der Waals surface area contributed by atoms with Gasteiger partial charge >= 0.3 is 0 Å². The van der Waals surface area contributed by atoms with Crippen LogP contribution in [-0.2, 0) is 19.2 Å². The van der Waals surface area contributed by atoms with Crippen LogP contribution in [0.5, 0.6) is 0 Å². The monoisotopic (exact) mass is 1410 g/mol. The fourth-order valence-corrected chi connectivity index (χ4v) is 10.6. The maximum absolute atomic E-state index is 10.2. The number of hydrogen-bond acceptors (Lipinski definition) is 12. The van der Waals surface area contributed by atoms with Gasteiger partial charge in [0, 0.05) is 51.2 Å². The van der Waals surface area contributed by atoms with Crippen LogP contribution in [0.15, 0.2) is 0 Å². The molecule has 4 atom stereocenters. The second-order valence-electron chi connectivity index (χ2n) is 25.0. The summed E-state index contributed by atoms with van der Waals surface area (Å²) in [5.41, 5.74) is 0. The number of aliphatic hydroxyl groups excluding tert-OH is 4. The van der Waals surface area contributed by atoms with Gasteiger partial charge < -0.3 is 60.0 Å². The molecule has 0 aromatic carbocycles. The molecule has 13 heteroatoms. The number of aliphatic hydroxyl groups is 4. The standard InChI is InChI=1S/4C18H36O3.Pb/c4*1-2-3-14-17(19)15-12-10-8-6-4-5-7-9-11-13-16-18(20)21;/h4*17,19H,2-16H2,1H3,(H,20,21);/p-4. The Balaban J connectivity index is -0.000000333. The first-order valence-electron chi connectivity index (χ1n) is 36.2. The Bertz CT molecular complexity index is 1110. The van der Waals surface area contributed by atoms with E-state index in [1.54, 1.807) is 0 Å². The molecule has 0 aromatic heterocycles. The largest absolute Gasteiger partial charge is 0.550 e. The van der Waals surface area contributed by atoms with Gasteiger partial charge in [-0.25, -0.2) is 0 Å². The van der Waals surface area contributed by atoms with Gasteiger partial charge in [-0.2, -0.15) is 0 Å². The molecule has 0 spiro atoms.